The van der Waals surface area contributed by atoms with Gasteiger partial charge in [0.2, 0.25) is 10.0 Å². The molecule has 1 heterocycles. The Labute approximate surface area is 114 Å². The summed E-state index contributed by atoms with van der Waals surface area (Å²) >= 11 is 0. The monoisotopic (exact) mass is 284 g/mol. The normalized spacial score (nSPS) is 23.7. The summed E-state index contributed by atoms with van der Waals surface area (Å²) < 4.78 is 33.1. The van der Waals surface area contributed by atoms with Crippen molar-refractivity contribution in [2.24, 2.45) is 0 Å². The molecule has 1 aliphatic rings. The highest BCUT2D eigenvalue weighted by Crippen LogP contribution is 2.28. The molecule has 1 aliphatic heterocycles. The van der Waals surface area contributed by atoms with Crippen LogP contribution in [0.4, 0.5) is 5.69 Å². The number of nitrogens with two attached hydrogens (primary N) is 1. The molecule has 6 heteroatoms. The van der Waals surface area contributed by atoms with Gasteiger partial charge in [-0.05, 0) is 44.4 Å². The average Bonchev–Trinajstić information content (AvgIpc) is 2.69. The van der Waals surface area contributed by atoms with Crippen LogP contribution in [0.15, 0.2) is 17.0 Å². The minimum absolute atomic E-state index is 0.181. The maximum absolute atomic E-state index is 12.5. The molecule has 0 radical (unpaired) electrons. The molecule has 1 aromatic rings. The summed E-state index contributed by atoms with van der Waals surface area (Å²) in [5.74, 6) is 0. The van der Waals surface area contributed by atoms with Gasteiger partial charge in [-0.3, -0.25) is 0 Å². The lowest BCUT2D eigenvalue weighted by Gasteiger charge is -2.24. The van der Waals surface area contributed by atoms with Crippen molar-refractivity contribution >= 4 is 15.7 Å². The standard InChI is InChI=1S/C13H20N2O3S/c1-9-4-5-11(14)12(10(9)2)19(16,17)15-13(3)6-7-18-8-13/h4-5,15H,6-8,14H2,1-3H3. The van der Waals surface area contributed by atoms with Crippen LogP contribution in [-0.2, 0) is 14.8 Å². The van der Waals surface area contributed by atoms with Crippen LogP contribution < -0.4 is 10.5 Å². The summed E-state index contributed by atoms with van der Waals surface area (Å²) in [7, 11) is -3.64. The second-order valence-corrected chi connectivity index (χ2v) is 7.01. The molecular weight excluding hydrogens is 264 g/mol. The van der Waals surface area contributed by atoms with Gasteiger partial charge in [-0.1, -0.05) is 6.07 Å². The number of nitrogen functional groups attached to an aromatic ring is 1. The number of rotatable bonds is 3. The summed E-state index contributed by atoms with van der Waals surface area (Å²) in [6.07, 6.45) is 0.664. The molecular formula is C13H20N2O3S. The summed E-state index contributed by atoms with van der Waals surface area (Å²) in [5.41, 5.74) is 7.16. The number of aryl methyl sites for hydroxylation is 1. The molecule has 0 aromatic heterocycles. The number of hydrogen-bond donors (Lipinski definition) is 2. The fraction of sp³-hybridized carbons (Fsp3) is 0.538. The second kappa shape index (κ2) is 4.77. The maximum atomic E-state index is 12.5. The van der Waals surface area contributed by atoms with Crippen LogP contribution in [0.5, 0.6) is 0 Å². The molecule has 1 saturated heterocycles. The van der Waals surface area contributed by atoms with E-state index < -0.39 is 15.6 Å². The van der Waals surface area contributed by atoms with Crippen molar-refractivity contribution in [2.45, 2.75) is 37.6 Å². The lowest BCUT2D eigenvalue weighted by molar-refractivity contribution is 0.178. The molecule has 3 N–H and O–H groups in total. The molecule has 1 aromatic carbocycles. The number of ether oxygens (including phenoxy) is 1. The first-order valence-corrected chi connectivity index (χ1v) is 7.71. The molecule has 106 valence electrons. The third-order valence-corrected chi connectivity index (χ3v) is 5.42. The Hall–Kier alpha value is -1.11. The molecule has 0 spiro atoms. The lowest BCUT2D eigenvalue weighted by Crippen LogP contribution is -2.46. The van der Waals surface area contributed by atoms with Crippen LogP contribution in [0.2, 0.25) is 0 Å². The Balaban J connectivity index is 2.43. The third-order valence-electron chi connectivity index (χ3n) is 3.58. The number of nitrogens with one attached hydrogen (secondary N) is 1. The van der Waals surface area contributed by atoms with Gasteiger partial charge >= 0.3 is 0 Å². The molecule has 0 bridgehead atoms. The van der Waals surface area contributed by atoms with Crippen molar-refractivity contribution in [1.29, 1.82) is 0 Å². The van der Waals surface area contributed by atoms with E-state index in [9.17, 15) is 8.42 Å². The van der Waals surface area contributed by atoms with E-state index in [1.54, 1.807) is 13.0 Å². The first-order chi connectivity index (χ1) is 8.75. The summed E-state index contributed by atoms with van der Waals surface area (Å²) in [6.45, 7) is 6.44. The topological polar surface area (TPSA) is 81.4 Å². The highest BCUT2D eigenvalue weighted by Gasteiger charge is 2.35. The molecule has 2 rings (SSSR count). The largest absolute Gasteiger partial charge is 0.398 e. The Morgan fingerprint density at radius 1 is 1.37 bits per heavy atom. The molecule has 0 saturated carbocycles. The van der Waals surface area contributed by atoms with Gasteiger partial charge in [-0.2, -0.15) is 0 Å². The fourth-order valence-corrected chi connectivity index (χ4v) is 4.14. The van der Waals surface area contributed by atoms with Crippen molar-refractivity contribution in [1.82, 2.24) is 4.72 Å². The minimum Gasteiger partial charge on any atom is -0.398 e. The molecule has 5 nitrogen and oxygen atoms in total. The number of anilines is 1. The van der Waals surface area contributed by atoms with Gasteiger partial charge in [0.15, 0.2) is 0 Å². The quantitative estimate of drug-likeness (QED) is 0.821. The minimum atomic E-state index is -3.64. The van der Waals surface area contributed by atoms with Gasteiger partial charge in [0.05, 0.1) is 17.8 Å². The van der Waals surface area contributed by atoms with E-state index in [0.29, 0.717) is 25.2 Å². The van der Waals surface area contributed by atoms with E-state index in [2.05, 4.69) is 4.72 Å². The third kappa shape index (κ3) is 2.75. The Morgan fingerprint density at radius 3 is 2.63 bits per heavy atom. The summed E-state index contributed by atoms with van der Waals surface area (Å²) in [6, 6.07) is 3.45. The lowest BCUT2D eigenvalue weighted by atomic mass is 10.0. The smallest absolute Gasteiger partial charge is 0.243 e. The fourth-order valence-electron chi connectivity index (χ4n) is 2.29. The summed E-state index contributed by atoms with van der Waals surface area (Å²) in [4.78, 5) is 0.181. The average molecular weight is 284 g/mol. The summed E-state index contributed by atoms with van der Waals surface area (Å²) in [5, 5.41) is 0. The zero-order valence-corrected chi connectivity index (χ0v) is 12.3. The van der Waals surface area contributed by atoms with Crippen molar-refractivity contribution in [3.8, 4) is 0 Å². The Morgan fingerprint density at radius 2 is 2.05 bits per heavy atom. The van der Waals surface area contributed by atoms with Gasteiger partial charge in [0, 0.05) is 6.61 Å². The van der Waals surface area contributed by atoms with Gasteiger partial charge in [-0.25, -0.2) is 13.1 Å². The molecule has 19 heavy (non-hydrogen) atoms. The number of benzene rings is 1. The van der Waals surface area contributed by atoms with Gasteiger partial charge in [-0.15, -0.1) is 0 Å². The van der Waals surface area contributed by atoms with E-state index in [0.717, 1.165) is 5.56 Å². The van der Waals surface area contributed by atoms with Crippen molar-refractivity contribution in [3.05, 3.63) is 23.3 Å². The first kappa shape index (κ1) is 14.3. The van der Waals surface area contributed by atoms with Crippen LogP contribution in [0.25, 0.3) is 0 Å². The first-order valence-electron chi connectivity index (χ1n) is 6.23. The molecule has 1 fully saturated rings. The molecule has 1 unspecified atom stereocenters. The molecule has 0 amide bonds. The van der Waals surface area contributed by atoms with Crippen molar-refractivity contribution in [3.63, 3.8) is 0 Å². The molecule has 1 atom stereocenters. The van der Waals surface area contributed by atoms with Crippen molar-refractivity contribution < 1.29 is 13.2 Å². The van der Waals surface area contributed by atoms with E-state index in [1.807, 2.05) is 19.9 Å². The number of hydrogen-bond acceptors (Lipinski definition) is 4. The van der Waals surface area contributed by atoms with E-state index in [1.165, 1.54) is 0 Å². The SMILES string of the molecule is Cc1ccc(N)c(S(=O)(=O)NC2(C)CCOC2)c1C. The highest BCUT2D eigenvalue weighted by molar-refractivity contribution is 7.89. The van der Waals surface area contributed by atoms with Gasteiger partial charge in [0.1, 0.15) is 4.90 Å². The predicted molar refractivity (Wildman–Crippen MR) is 74.5 cm³/mol. The zero-order chi connectivity index (χ0) is 14.3. The predicted octanol–water partition coefficient (Wildman–Crippen LogP) is 1.34. The van der Waals surface area contributed by atoms with Gasteiger partial charge in [0.25, 0.3) is 0 Å². The van der Waals surface area contributed by atoms with Gasteiger partial charge < -0.3 is 10.5 Å². The zero-order valence-electron chi connectivity index (χ0n) is 11.5. The number of sulfonamides is 1. The second-order valence-electron chi connectivity index (χ2n) is 5.39. The Kier molecular flexibility index (Phi) is 3.59. The van der Waals surface area contributed by atoms with Crippen LogP contribution in [-0.4, -0.2) is 27.2 Å². The van der Waals surface area contributed by atoms with Crippen LogP contribution in [0.3, 0.4) is 0 Å². The van der Waals surface area contributed by atoms with Crippen LogP contribution >= 0.6 is 0 Å². The maximum Gasteiger partial charge on any atom is 0.243 e. The van der Waals surface area contributed by atoms with E-state index in [-0.39, 0.29) is 10.6 Å². The highest BCUT2D eigenvalue weighted by atomic mass is 32.2. The molecule has 0 aliphatic carbocycles. The Bertz CT molecular complexity index is 590. The van der Waals surface area contributed by atoms with Crippen LogP contribution in [0.1, 0.15) is 24.5 Å². The van der Waals surface area contributed by atoms with Crippen molar-refractivity contribution in [2.75, 3.05) is 18.9 Å². The van der Waals surface area contributed by atoms with Crippen LogP contribution in [0, 0.1) is 13.8 Å². The van der Waals surface area contributed by atoms with E-state index in [4.69, 9.17) is 10.5 Å². The van der Waals surface area contributed by atoms with E-state index >= 15 is 0 Å².